The Morgan fingerprint density at radius 1 is 1.07 bits per heavy atom. The lowest BCUT2D eigenvalue weighted by molar-refractivity contribution is 0.515. The molecule has 1 unspecified atom stereocenters. The number of hydrogen-bond donors (Lipinski definition) is 0. The molecule has 0 heterocycles. The van der Waals surface area contributed by atoms with Crippen molar-refractivity contribution >= 4 is 21.8 Å². The Balaban J connectivity index is 1.88. The van der Waals surface area contributed by atoms with Crippen LogP contribution in [-0.4, -0.2) is 14.1 Å². The highest BCUT2D eigenvalue weighted by Gasteiger charge is 2.17. The zero-order chi connectivity index (χ0) is 10.5. The second kappa shape index (κ2) is 5.82. The monoisotopic (exact) mass is 235 g/mol. The zero-order valence-corrected chi connectivity index (χ0v) is 11.5. The van der Waals surface area contributed by atoms with Crippen LogP contribution in [-0.2, 0) is 0 Å². The van der Waals surface area contributed by atoms with E-state index in [0.29, 0.717) is 0 Å². The van der Waals surface area contributed by atoms with Gasteiger partial charge < -0.3 is 0 Å². The molecule has 1 aliphatic carbocycles. The Hall–Kier alpha value is -0.133. The number of hydrogen-bond acceptors (Lipinski definition) is 0. The Morgan fingerprint density at radius 2 is 1.73 bits per heavy atom. The summed E-state index contributed by atoms with van der Waals surface area (Å²) in [5.41, 5.74) is 1.07. The second-order valence-corrected chi connectivity index (χ2v) is 10.5. The van der Waals surface area contributed by atoms with Crippen LogP contribution in [0.5, 0.6) is 0 Å². The highest BCUT2D eigenvalue weighted by Crippen LogP contribution is 2.34. The minimum atomic E-state index is -0.238. The molecule has 1 aromatic rings. The molecule has 0 aliphatic heterocycles. The smallest absolute Gasteiger partial charge is 0.109 e. The fourth-order valence-corrected chi connectivity index (χ4v) is 8.20. The van der Waals surface area contributed by atoms with Gasteiger partial charge in [0.1, 0.15) is 8.46 Å². The van der Waals surface area contributed by atoms with Gasteiger partial charge in [-0.05, 0) is 18.5 Å². The summed E-state index contributed by atoms with van der Waals surface area (Å²) < 4.78 is 0. The summed E-state index contributed by atoms with van der Waals surface area (Å²) in [6.07, 6.45) is 7.47. The van der Waals surface area contributed by atoms with Crippen molar-refractivity contribution in [2.45, 2.75) is 44.3 Å². The van der Waals surface area contributed by atoms with Gasteiger partial charge in [0.05, 0.1) is 0 Å². The van der Waals surface area contributed by atoms with Gasteiger partial charge in [0.2, 0.25) is 0 Å². The first kappa shape index (κ1) is 11.4. The molecule has 1 aromatic carbocycles. The van der Waals surface area contributed by atoms with E-state index in [1.807, 2.05) is 0 Å². The minimum absolute atomic E-state index is 0.238. The highest BCUT2D eigenvalue weighted by atomic mass is 31.3. The SMILES string of the molecule is C[Si](PC1CCCCC1)c1ccccc1. The van der Waals surface area contributed by atoms with Crippen LogP contribution in [0.4, 0.5) is 0 Å². The van der Waals surface area contributed by atoms with Gasteiger partial charge in [-0.2, -0.15) is 0 Å². The van der Waals surface area contributed by atoms with Crippen LogP contribution in [0.1, 0.15) is 32.1 Å². The average molecular weight is 235 g/mol. The third kappa shape index (κ3) is 3.43. The molecule has 1 fully saturated rings. The van der Waals surface area contributed by atoms with Crippen molar-refractivity contribution in [2.24, 2.45) is 0 Å². The molecule has 1 saturated carbocycles. The topological polar surface area (TPSA) is 0 Å². The summed E-state index contributed by atoms with van der Waals surface area (Å²) >= 11 is 0. The van der Waals surface area contributed by atoms with Crippen molar-refractivity contribution in [1.29, 1.82) is 0 Å². The van der Waals surface area contributed by atoms with Gasteiger partial charge in [-0.15, -0.1) is 8.13 Å². The molecule has 1 radical (unpaired) electrons. The summed E-state index contributed by atoms with van der Waals surface area (Å²) in [7, 11) is 0.996. The maximum atomic E-state index is 2.49. The van der Waals surface area contributed by atoms with E-state index in [2.05, 4.69) is 36.9 Å². The van der Waals surface area contributed by atoms with Crippen LogP contribution >= 0.6 is 8.13 Å². The van der Waals surface area contributed by atoms with Gasteiger partial charge in [0.25, 0.3) is 0 Å². The quantitative estimate of drug-likeness (QED) is 0.555. The van der Waals surface area contributed by atoms with Crippen molar-refractivity contribution in [3.63, 3.8) is 0 Å². The van der Waals surface area contributed by atoms with Gasteiger partial charge in [-0.25, -0.2) is 0 Å². The summed E-state index contributed by atoms with van der Waals surface area (Å²) in [5.74, 6) is 0. The van der Waals surface area contributed by atoms with Crippen molar-refractivity contribution in [3.05, 3.63) is 30.3 Å². The fraction of sp³-hybridized carbons (Fsp3) is 0.538. The lowest BCUT2D eigenvalue weighted by Crippen LogP contribution is -2.24. The van der Waals surface area contributed by atoms with Crippen molar-refractivity contribution in [1.82, 2.24) is 0 Å². The summed E-state index contributed by atoms with van der Waals surface area (Å²) in [5, 5.41) is 1.63. The maximum absolute atomic E-state index is 2.49. The molecule has 1 aliphatic rings. The third-order valence-corrected chi connectivity index (χ3v) is 9.24. The van der Waals surface area contributed by atoms with Gasteiger partial charge in [0, 0.05) is 0 Å². The average Bonchev–Trinajstić information content (AvgIpc) is 2.31. The molecule has 0 amide bonds. The Morgan fingerprint density at radius 3 is 2.40 bits per heavy atom. The van der Waals surface area contributed by atoms with E-state index in [-0.39, 0.29) is 8.46 Å². The molecular formula is C13H20PSi. The number of benzene rings is 1. The zero-order valence-electron chi connectivity index (χ0n) is 9.50. The van der Waals surface area contributed by atoms with E-state index in [4.69, 9.17) is 0 Å². The lowest BCUT2D eigenvalue weighted by Gasteiger charge is -2.24. The largest absolute Gasteiger partial charge is 0.127 e. The van der Waals surface area contributed by atoms with E-state index >= 15 is 0 Å². The van der Waals surface area contributed by atoms with Crippen molar-refractivity contribution in [2.75, 3.05) is 0 Å². The molecule has 0 N–H and O–H groups in total. The Kier molecular flexibility index (Phi) is 4.40. The first-order chi connectivity index (χ1) is 7.36. The Bertz CT molecular complexity index is 280. The maximum Gasteiger partial charge on any atom is 0.109 e. The molecule has 0 nitrogen and oxygen atoms in total. The van der Waals surface area contributed by atoms with Crippen LogP contribution in [0.3, 0.4) is 0 Å². The molecule has 0 saturated heterocycles. The van der Waals surface area contributed by atoms with Gasteiger partial charge >= 0.3 is 0 Å². The standard InChI is InChI=1S/C13H20PSi/c1-15(13-10-6-3-7-11-13)14-12-8-4-2-5-9-12/h3,6-7,10-12,14H,2,4-5,8-9H2,1H3. The van der Waals surface area contributed by atoms with Crippen LogP contribution < -0.4 is 5.19 Å². The van der Waals surface area contributed by atoms with E-state index in [9.17, 15) is 0 Å². The van der Waals surface area contributed by atoms with Gasteiger partial charge in [-0.1, -0.05) is 61.3 Å². The fourth-order valence-electron chi connectivity index (χ4n) is 2.32. The normalized spacial score (nSPS) is 19.1. The predicted molar refractivity (Wildman–Crippen MR) is 72.9 cm³/mol. The van der Waals surface area contributed by atoms with Gasteiger partial charge in [0.15, 0.2) is 0 Å². The molecule has 15 heavy (non-hydrogen) atoms. The molecule has 2 heteroatoms. The van der Waals surface area contributed by atoms with Crippen LogP contribution in [0, 0.1) is 0 Å². The highest BCUT2D eigenvalue weighted by molar-refractivity contribution is 7.78. The molecule has 2 rings (SSSR count). The van der Waals surface area contributed by atoms with Crippen LogP contribution in [0.2, 0.25) is 6.55 Å². The molecule has 1 atom stereocenters. The van der Waals surface area contributed by atoms with E-state index in [0.717, 1.165) is 5.66 Å². The van der Waals surface area contributed by atoms with E-state index < -0.39 is 0 Å². The van der Waals surface area contributed by atoms with Crippen molar-refractivity contribution in [3.8, 4) is 0 Å². The van der Waals surface area contributed by atoms with Gasteiger partial charge in [-0.3, -0.25) is 0 Å². The minimum Gasteiger partial charge on any atom is -0.127 e. The third-order valence-electron chi connectivity index (χ3n) is 3.23. The van der Waals surface area contributed by atoms with Crippen LogP contribution in [0.15, 0.2) is 30.3 Å². The predicted octanol–water partition coefficient (Wildman–Crippen LogP) is 3.53. The molecule has 0 aromatic heterocycles. The summed E-state index contributed by atoms with van der Waals surface area (Å²) in [6, 6.07) is 11.2. The van der Waals surface area contributed by atoms with Crippen molar-refractivity contribution < 1.29 is 0 Å². The van der Waals surface area contributed by atoms with E-state index in [1.54, 1.807) is 5.19 Å². The van der Waals surface area contributed by atoms with E-state index in [1.165, 1.54) is 40.2 Å². The summed E-state index contributed by atoms with van der Waals surface area (Å²) in [6.45, 7) is 2.49. The molecule has 0 spiro atoms. The van der Waals surface area contributed by atoms with Crippen LogP contribution in [0.25, 0.3) is 0 Å². The second-order valence-electron chi connectivity index (χ2n) is 4.47. The molecule has 0 bridgehead atoms. The first-order valence-electron chi connectivity index (χ1n) is 6.02. The lowest BCUT2D eigenvalue weighted by atomic mass is 10.0. The Labute approximate surface area is 96.7 Å². The summed E-state index contributed by atoms with van der Waals surface area (Å²) in [4.78, 5) is 0. The number of rotatable bonds is 3. The molecule has 81 valence electrons. The first-order valence-corrected chi connectivity index (χ1v) is 10.1. The molecular weight excluding hydrogens is 215 g/mol.